The van der Waals surface area contributed by atoms with Crippen molar-refractivity contribution < 1.29 is 0 Å². The molecule has 120 valence electrons. The number of rotatable bonds is 10. The molecule has 0 radical (unpaired) electrons. The van der Waals surface area contributed by atoms with E-state index in [0.29, 0.717) is 12.0 Å². The Bertz CT molecular complexity index is 370. The van der Waals surface area contributed by atoms with Crippen molar-refractivity contribution in [3.8, 4) is 0 Å². The molecule has 1 unspecified atom stereocenters. The highest BCUT2D eigenvalue weighted by Gasteiger charge is 2.10. The van der Waals surface area contributed by atoms with Crippen LogP contribution in [0.1, 0.15) is 58.1 Å². The first kappa shape index (κ1) is 18.6. The van der Waals surface area contributed by atoms with Crippen molar-refractivity contribution >= 4 is 11.8 Å². The van der Waals surface area contributed by atoms with Crippen molar-refractivity contribution in [2.75, 3.05) is 18.1 Å². The van der Waals surface area contributed by atoms with Gasteiger partial charge in [0.25, 0.3) is 0 Å². The summed E-state index contributed by atoms with van der Waals surface area (Å²) in [6.07, 6.45) is 2.35. The van der Waals surface area contributed by atoms with Gasteiger partial charge in [-0.2, -0.15) is 11.8 Å². The van der Waals surface area contributed by atoms with E-state index in [0.717, 1.165) is 18.9 Å². The second-order valence-electron chi connectivity index (χ2n) is 6.68. The maximum Gasteiger partial charge on any atom is 0.0198 e. The summed E-state index contributed by atoms with van der Waals surface area (Å²) in [5.74, 6) is 3.88. The molecule has 0 aliphatic carbocycles. The second-order valence-corrected chi connectivity index (χ2v) is 7.76. The zero-order chi connectivity index (χ0) is 15.7. The van der Waals surface area contributed by atoms with Gasteiger partial charge in [0.1, 0.15) is 0 Å². The quantitative estimate of drug-likeness (QED) is 0.644. The molecule has 0 aliphatic rings. The number of hydrogen-bond donors (Lipinski definition) is 1. The lowest BCUT2D eigenvalue weighted by Crippen LogP contribution is -2.34. The van der Waals surface area contributed by atoms with Gasteiger partial charge >= 0.3 is 0 Å². The summed E-state index contributed by atoms with van der Waals surface area (Å²) in [6, 6.07) is 9.79. The van der Waals surface area contributed by atoms with Gasteiger partial charge in [-0.25, -0.2) is 0 Å². The Hall–Kier alpha value is -0.470. The van der Waals surface area contributed by atoms with E-state index in [-0.39, 0.29) is 0 Å². The van der Waals surface area contributed by atoms with Crippen LogP contribution in [0.2, 0.25) is 0 Å². The Morgan fingerprint density at radius 3 is 2.19 bits per heavy atom. The third kappa shape index (κ3) is 7.92. The van der Waals surface area contributed by atoms with E-state index in [9.17, 15) is 0 Å². The van der Waals surface area contributed by atoms with E-state index < -0.39 is 0 Å². The lowest BCUT2D eigenvalue weighted by molar-refractivity contribution is 0.549. The minimum Gasteiger partial charge on any atom is -0.313 e. The van der Waals surface area contributed by atoms with E-state index in [1.165, 1.54) is 29.1 Å². The fraction of sp³-hybridized carbons (Fsp3) is 0.684. The van der Waals surface area contributed by atoms with Crippen molar-refractivity contribution in [2.45, 2.75) is 59.4 Å². The molecule has 0 aliphatic heterocycles. The van der Waals surface area contributed by atoms with Gasteiger partial charge in [0.2, 0.25) is 0 Å². The second kappa shape index (κ2) is 10.3. The molecule has 1 nitrogen and oxygen atoms in total. The van der Waals surface area contributed by atoms with Gasteiger partial charge in [-0.15, -0.1) is 0 Å². The molecule has 0 bridgehead atoms. The SMILES string of the molecule is CCCNC(CSCC(C)C)Cc1ccc(C(C)C)cc1. The average molecular weight is 308 g/mol. The summed E-state index contributed by atoms with van der Waals surface area (Å²) in [7, 11) is 0. The molecular formula is C19H33NS. The highest BCUT2D eigenvalue weighted by molar-refractivity contribution is 7.99. The molecule has 0 saturated heterocycles. The van der Waals surface area contributed by atoms with Gasteiger partial charge in [-0.1, -0.05) is 58.9 Å². The third-order valence-electron chi connectivity index (χ3n) is 3.58. The Morgan fingerprint density at radius 1 is 1.00 bits per heavy atom. The van der Waals surface area contributed by atoms with Crippen LogP contribution in [0.4, 0.5) is 0 Å². The van der Waals surface area contributed by atoms with Gasteiger partial charge in [-0.05, 0) is 48.1 Å². The molecule has 0 spiro atoms. The van der Waals surface area contributed by atoms with Gasteiger partial charge < -0.3 is 5.32 Å². The molecule has 1 aromatic carbocycles. The molecule has 1 atom stereocenters. The predicted octanol–water partition coefficient (Wildman–Crippen LogP) is 5.11. The molecule has 2 heteroatoms. The standard InChI is InChI=1S/C19H33NS/c1-6-11-20-19(14-21-13-15(2)3)12-17-7-9-18(10-8-17)16(4)5/h7-10,15-16,19-20H,6,11-14H2,1-5H3. The first-order valence-electron chi connectivity index (χ1n) is 8.42. The van der Waals surface area contributed by atoms with Crippen LogP contribution in [0.5, 0.6) is 0 Å². The summed E-state index contributed by atoms with van der Waals surface area (Å²) in [6.45, 7) is 12.5. The highest BCUT2D eigenvalue weighted by Crippen LogP contribution is 2.17. The van der Waals surface area contributed by atoms with E-state index in [2.05, 4.69) is 76.0 Å². The molecule has 0 fully saturated rings. The zero-order valence-corrected chi connectivity index (χ0v) is 15.3. The largest absolute Gasteiger partial charge is 0.313 e. The van der Waals surface area contributed by atoms with Crippen molar-refractivity contribution in [3.63, 3.8) is 0 Å². The normalized spacial score (nSPS) is 13.1. The van der Waals surface area contributed by atoms with Crippen molar-refractivity contribution in [1.29, 1.82) is 0 Å². The summed E-state index contributed by atoms with van der Waals surface area (Å²) >= 11 is 2.08. The number of thioether (sulfide) groups is 1. The topological polar surface area (TPSA) is 12.0 Å². The lowest BCUT2D eigenvalue weighted by atomic mass is 9.99. The Morgan fingerprint density at radius 2 is 1.67 bits per heavy atom. The molecule has 0 amide bonds. The van der Waals surface area contributed by atoms with E-state index in [1.807, 2.05) is 0 Å². The smallest absolute Gasteiger partial charge is 0.0198 e. The number of benzene rings is 1. The molecule has 0 saturated carbocycles. The molecule has 1 aromatic rings. The Kier molecular flexibility index (Phi) is 9.10. The summed E-state index contributed by atoms with van der Waals surface area (Å²) in [4.78, 5) is 0. The van der Waals surface area contributed by atoms with E-state index in [4.69, 9.17) is 0 Å². The van der Waals surface area contributed by atoms with Crippen LogP contribution in [0.15, 0.2) is 24.3 Å². The van der Waals surface area contributed by atoms with Crippen LogP contribution in [0, 0.1) is 5.92 Å². The van der Waals surface area contributed by atoms with E-state index >= 15 is 0 Å². The molecule has 0 heterocycles. The summed E-state index contributed by atoms with van der Waals surface area (Å²) in [5, 5.41) is 3.71. The Labute approximate surface area is 136 Å². The minimum absolute atomic E-state index is 0.596. The zero-order valence-electron chi connectivity index (χ0n) is 14.5. The summed E-state index contributed by atoms with van der Waals surface area (Å²) in [5.41, 5.74) is 2.89. The van der Waals surface area contributed by atoms with Crippen LogP contribution >= 0.6 is 11.8 Å². The monoisotopic (exact) mass is 307 g/mol. The molecule has 1 rings (SSSR count). The average Bonchev–Trinajstić information content (AvgIpc) is 2.44. The third-order valence-corrected chi connectivity index (χ3v) is 5.12. The molecular weight excluding hydrogens is 274 g/mol. The van der Waals surface area contributed by atoms with Crippen LogP contribution in [-0.2, 0) is 6.42 Å². The highest BCUT2D eigenvalue weighted by atomic mass is 32.2. The maximum atomic E-state index is 3.71. The Balaban J connectivity index is 2.53. The van der Waals surface area contributed by atoms with Crippen LogP contribution < -0.4 is 5.32 Å². The first-order valence-corrected chi connectivity index (χ1v) is 9.58. The molecule has 1 N–H and O–H groups in total. The maximum absolute atomic E-state index is 3.71. The lowest BCUT2D eigenvalue weighted by Gasteiger charge is -2.19. The van der Waals surface area contributed by atoms with Crippen LogP contribution in [0.25, 0.3) is 0 Å². The first-order chi connectivity index (χ1) is 10.0. The molecule has 21 heavy (non-hydrogen) atoms. The van der Waals surface area contributed by atoms with Gasteiger partial charge in [0.05, 0.1) is 0 Å². The fourth-order valence-corrected chi connectivity index (χ4v) is 3.44. The van der Waals surface area contributed by atoms with Crippen LogP contribution in [0.3, 0.4) is 0 Å². The predicted molar refractivity (Wildman–Crippen MR) is 98.5 cm³/mol. The number of hydrogen-bond acceptors (Lipinski definition) is 2. The van der Waals surface area contributed by atoms with Gasteiger partial charge in [0, 0.05) is 11.8 Å². The fourth-order valence-electron chi connectivity index (χ4n) is 2.31. The minimum atomic E-state index is 0.596. The van der Waals surface area contributed by atoms with Crippen molar-refractivity contribution in [3.05, 3.63) is 35.4 Å². The van der Waals surface area contributed by atoms with E-state index in [1.54, 1.807) is 0 Å². The van der Waals surface area contributed by atoms with Crippen molar-refractivity contribution in [2.24, 2.45) is 5.92 Å². The number of nitrogens with one attached hydrogen (secondary N) is 1. The summed E-state index contributed by atoms with van der Waals surface area (Å²) < 4.78 is 0. The molecule has 0 aromatic heterocycles. The van der Waals surface area contributed by atoms with Gasteiger partial charge in [-0.3, -0.25) is 0 Å². The van der Waals surface area contributed by atoms with Gasteiger partial charge in [0.15, 0.2) is 0 Å². The van der Waals surface area contributed by atoms with Crippen molar-refractivity contribution in [1.82, 2.24) is 5.32 Å². The van der Waals surface area contributed by atoms with Crippen LogP contribution in [-0.4, -0.2) is 24.1 Å².